The summed E-state index contributed by atoms with van der Waals surface area (Å²) in [5, 5.41) is 8.56. The van der Waals surface area contributed by atoms with Crippen molar-refractivity contribution < 1.29 is 18.8 Å². The maximum atomic E-state index is 11.5. The van der Waals surface area contributed by atoms with Gasteiger partial charge in [0.15, 0.2) is 0 Å². The molecule has 2 saturated heterocycles. The van der Waals surface area contributed by atoms with Gasteiger partial charge in [0, 0.05) is 35.1 Å². The smallest absolute Gasteiger partial charge is 0.303 e. The topological polar surface area (TPSA) is 63.6 Å². The Morgan fingerprint density at radius 2 is 2.00 bits per heavy atom. The summed E-state index contributed by atoms with van der Waals surface area (Å²) in [5.74, 6) is 0.945. The normalized spacial score (nSPS) is 33.9. The summed E-state index contributed by atoms with van der Waals surface area (Å²) >= 11 is 0. The Morgan fingerprint density at radius 3 is 2.65 bits per heavy atom. The van der Waals surface area contributed by atoms with Crippen LogP contribution in [0.3, 0.4) is 0 Å². The molecule has 2 rings (SSSR count). The van der Waals surface area contributed by atoms with Crippen LogP contribution in [-0.2, 0) is 20.3 Å². The van der Waals surface area contributed by atoms with Crippen molar-refractivity contribution in [3.8, 4) is 0 Å². The number of ether oxygens (including phenoxy) is 1. The number of hydrogen-bond acceptors (Lipinski definition) is 3. The minimum Gasteiger partial charge on any atom is -0.481 e. The van der Waals surface area contributed by atoms with Gasteiger partial charge in [-0.1, -0.05) is 12.2 Å². The molecule has 0 amide bonds. The molecular weight excluding hydrogens is 276 g/mol. The van der Waals surface area contributed by atoms with Crippen LogP contribution in [0.1, 0.15) is 38.5 Å². The first-order valence-electron chi connectivity index (χ1n) is 7.40. The van der Waals surface area contributed by atoms with Gasteiger partial charge in [-0.15, -0.1) is 0 Å². The number of fused-ring (bicyclic) bond motifs is 2. The third-order valence-corrected chi connectivity index (χ3v) is 5.21. The van der Waals surface area contributed by atoms with E-state index in [4.69, 9.17) is 9.84 Å². The molecule has 5 heteroatoms. The molecule has 4 nitrogen and oxygen atoms in total. The van der Waals surface area contributed by atoms with E-state index < -0.39 is 16.8 Å². The Balaban J connectivity index is 1.77. The molecule has 114 valence electrons. The molecule has 20 heavy (non-hydrogen) atoms. The lowest BCUT2D eigenvalue weighted by Crippen LogP contribution is -2.30. The molecule has 0 aromatic heterocycles. The molecule has 1 N–H and O–H groups in total. The summed E-state index contributed by atoms with van der Waals surface area (Å²) in [6.07, 6.45) is 11.6. The molecule has 0 aromatic rings. The van der Waals surface area contributed by atoms with E-state index in [0.717, 1.165) is 31.4 Å². The fourth-order valence-electron chi connectivity index (χ4n) is 3.44. The van der Waals surface area contributed by atoms with E-state index >= 15 is 0 Å². The van der Waals surface area contributed by atoms with E-state index in [0.29, 0.717) is 30.5 Å². The van der Waals surface area contributed by atoms with Crippen LogP contribution in [0.2, 0.25) is 0 Å². The third kappa shape index (κ3) is 4.16. The number of unbranched alkanes of at least 4 members (excludes halogenated alkanes) is 1. The number of aliphatic carboxylic acids is 1. The van der Waals surface area contributed by atoms with E-state index in [2.05, 4.69) is 12.2 Å². The summed E-state index contributed by atoms with van der Waals surface area (Å²) in [6.45, 7) is 0. The SMILES string of the molecule is CS(=O)C[C@H]1[C@@H](CC=CCCCC(=O)O)[C@H]2CC[C@@H]1O2. The van der Waals surface area contributed by atoms with Crippen molar-refractivity contribution in [3.63, 3.8) is 0 Å². The average molecular weight is 300 g/mol. The second-order valence-electron chi connectivity index (χ2n) is 5.85. The van der Waals surface area contributed by atoms with Crippen LogP contribution in [-0.4, -0.2) is 39.5 Å². The molecule has 0 radical (unpaired) electrons. The van der Waals surface area contributed by atoms with Gasteiger partial charge in [0.1, 0.15) is 0 Å². The number of hydrogen-bond donors (Lipinski definition) is 1. The highest BCUT2D eigenvalue weighted by molar-refractivity contribution is 7.84. The summed E-state index contributed by atoms with van der Waals surface area (Å²) in [4.78, 5) is 10.4. The van der Waals surface area contributed by atoms with Crippen molar-refractivity contribution in [2.75, 3.05) is 12.0 Å². The Kier molecular flexibility index (Phi) is 5.78. The highest BCUT2D eigenvalue weighted by atomic mass is 32.2. The standard InChI is InChI=1S/C15H24O4S/c1-20(18)10-12-11(13-8-9-14(12)19-13)6-4-2-3-5-7-15(16)17/h2,4,11-14H,3,5-10H2,1H3,(H,16,17)/t11-,12+,13-,14+,20?/m1/s1. The van der Waals surface area contributed by atoms with Gasteiger partial charge in [0.05, 0.1) is 12.2 Å². The van der Waals surface area contributed by atoms with Crippen molar-refractivity contribution in [2.45, 2.75) is 50.7 Å². The highest BCUT2D eigenvalue weighted by Crippen LogP contribution is 2.45. The molecule has 1 unspecified atom stereocenters. The van der Waals surface area contributed by atoms with Crippen LogP contribution >= 0.6 is 0 Å². The zero-order valence-corrected chi connectivity index (χ0v) is 12.8. The van der Waals surface area contributed by atoms with Crippen LogP contribution in [0.15, 0.2) is 12.2 Å². The Hall–Kier alpha value is -0.680. The molecule has 2 aliphatic rings. The van der Waals surface area contributed by atoms with E-state index in [9.17, 15) is 9.00 Å². The first kappa shape index (κ1) is 15.7. The Bertz CT molecular complexity index is 393. The van der Waals surface area contributed by atoms with Crippen molar-refractivity contribution in [1.82, 2.24) is 0 Å². The largest absolute Gasteiger partial charge is 0.481 e. The molecule has 0 spiro atoms. The highest BCUT2D eigenvalue weighted by Gasteiger charge is 2.48. The summed E-state index contributed by atoms with van der Waals surface area (Å²) in [5.41, 5.74) is 0. The Morgan fingerprint density at radius 1 is 1.30 bits per heavy atom. The minimum atomic E-state index is -0.763. The van der Waals surface area contributed by atoms with E-state index in [-0.39, 0.29) is 6.42 Å². The third-order valence-electron chi connectivity index (χ3n) is 4.35. The molecule has 2 aliphatic heterocycles. The van der Waals surface area contributed by atoms with Crippen molar-refractivity contribution in [2.24, 2.45) is 11.8 Å². The first-order chi connectivity index (χ1) is 9.58. The van der Waals surface area contributed by atoms with Crippen LogP contribution in [0.25, 0.3) is 0 Å². The average Bonchev–Trinajstić information content (AvgIpc) is 2.94. The van der Waals surface area contributed by atoms with Gasteiger partial charge in [-0.25, -0.2) is 0 Å². The number of rotatable bonds is 8. The second kappa shape index (κ2) is 7.36. The Labute approximate surface area is 123 Å². The minimum absolute atomic E-state index is 0.235. The summed E-state index contributed by atoms with van der Waals surface area (Å²) in [7, 11) is -0.763. The van der Waals surface area contributed by atoms with Gasteiger partial charge in [-0.2, -0.15) is 0 Å². The van der Waals surface area contributed by atoms with E-state index in [1.54, 1.807) is 6.26 Å². The van der Waals surface area contributed by atoms with Gasteiger partial charge in [-0.3, -0.25) is 9.00 Å². The fraction of sp³-hybridized carbons (Fsp3) is 0.800. The van der Waals surface area contributed by atoms with Crippen molar-refractivity contribution >= 4 is 16.8 Å². The monoisotopic (exact) mass is 300 g/mol. The summed E-state index contributed by atoms with van der Waals surface area (Å²) in [6, 6.07) is 0. The maximum absolute atomic E-state index is 11.5. The van der Waals surface area contributed by atoms with Crippen LogP contribution in [0.4, 0.5) is 0 Å². The molecule has 0 saturated carbocycles. The molecule has 2 fully saturated rings. The summed E-state index contributed by atoms with van der Waals surface area (Å²) < 4.78 is 17.4. The van der Waals surface area contributed by atoms with Crippen LogP contribution < -0.4 is 0 Å². The van der Waals surface area contributed by atoms with Crippen LogP contribution in [0, 0.1) is 11.8 Å². The zero-order chi connectivity index (χ0) is 14.5. The van der Waals surface area contributed by atoms with Gasteiger partial charge in [0.25, 0.3) is 0 Å². The van der Waals surface area contributed by atoms with Gasteiger partial charge < -0.3 is 9.84 Å². The number of allylic oxidation sites excluding steroid dienone is 2. The predicted octanol–water partition coefficient (Wildman–Crippen LogP) is 2.36. The van der Waals surface area contributed by atoms with Crippen molar-refractivity contribution in [1.29, 1.82) is 0 Å². The lowest BCUT2D eigenvalue weighted by Gasteiger charge is -2.26. The van der Waals surface area contributed by atoms with Crippen LogP contribution in [0.5, 0.6) is 0 Å². The number of carboxylic acids is 1. The number of carboxylic acid groups (broad SMARTS) is 1. The van der Waals surface area contributed by atoms with E-state index in [1.165, 1.54) is 0 Å². The van der Waals surface area contributed by atoms with Crippen molar-refractivity contribution in [3.05, 3.63) is 12.2 Å². The predicted molar refractivity (Wildman–Crippen MR) is 79.1 cm³/mol. The van der Waals surface area contributed by atoms with Gasteiger partial charge in [-0.05, 0) is 38.0 Å². The quantitative estimate of drug-likeness (QED) is 0.552. The molecular formula is C15H24O4S. The fourth-order valence-corrected chi connectivity index (χ4v) is 4.45. The molecule has 2 heterocycles. The zero-order valence-electron chi connectivity index (χ0n) is 12.0. The number of carbonyl (C=O) groups is 1. The van der Waals surface area contributed by atoms with Gasteiger partial charge in [0.2, 0.25) is 0 Å². The van der Waals surface area contributed by atoms with E-state index in [1.807, 2.05) is 0 Å². The molecule has 2 bridgehead atoms. The molecule has 0 aromatic carbocycles. The van der Waals surface area contributed by atoms with Gasteiger partial charge >= 0.3 is 5.97 Å². The second-order valence-corrected chi connectivity index (χ2v) is 7.33. The maximum Gasteiger partial charge on any atom is 0.303 e. The lowest BCUT2D eigenvalue weighted by atomic mass is 9.78. The molecule has 0 aliphatic carbocycles. The first-order valence-corrected chi connectivity index (χ1v) is 9.13. The lowest BCUT2D eigenvalue weighted by molar-refractivity contribution is -0.137. The molecule has 5 atom stereocenters.